The standard InChI is InChI=1S/C25H24N4O4/c1-28(2)15-16-7-9-18(10-8-16)26-24(17-5-4-6-20(13-17)33-3)23-21-14-19(29(31)32)11-12-22(21)27-25(23)30/h4-14,26H,15H2,1-3H3,(H,27,30)/b24-23-. The number of hydrogen-bond acceptors (Lipinski definition) is 6. The molecule has 1 amide bonds. The molecule has 0 radical (unpaired) electrons. The summed E-state index contributed by atoms with van der Waals surface area (Å²) >= 11 is 0. The Labute approximate surface area is 191 Å². The quantitative estimate of drug-likeness (QED) is 0.314. The van der Waals surface area contributed by atoms with Gasteiger partial charge in [0.25, 0.3) is 11.6 Å². The maximum Gasteiger partial charge on any atom is 0.270 e. The average Bonchev–Trinajstić information content (AvgIpc) is 3.13. The predicted octanol–water partition coefficient (Wildman–Crippen LogP) is 4.60. The molecule has 33 heavy (non-hydrogen) atoms. The maximum atomic E-state index is 13.0. The van der Waals surface area contributed by atoms with Gasteiger partial charge in [-0.15, -0.1) is 0 Å². The summed E-state index contributed by atoms with van der Waals surface area (Å²) < 4.78 is 5.37. The van der Waals surface area contributed by atoms with E-state index in [9.17, 15) is 14.9 Å². The molecule has 0 fully saturated rings. The number of nitro benzene ring substituents is 1. The lowest BCUT2D eigenvalue weighted by Gasteiger charge is -2.16. The Bertz CT molecular complexity index is 1250. The van der Waals surface area contributed by atoms with Crippen LogP contribution < -0.4 is 15.4 Å². The zero-order valence-corrected chi connectivity index (χ0v) is 18.6. The van der Waals surface area contributed by atoms with Gasteiger partial charge in [0, 0.05) is 41.2 Å². The molecule has 0 saturated heterocycles. The van der Waals surface area contributed by atoms with Gasteiger partial charge in [0.2, 0.25) is 0 Å². The van der Waals surface area contributed by atoms with E-state index >= 15 is 0 Å². The number of fused-ring (bicyclic) bond motifs is 1. The van der Waals surface area contributed by atoms with Crippen LogP contribution in [0.15, 0.2) is 66.7 Å². The third kappa shape index (κ3) is 4.70. The minimum absolute atomic E-state index is 0.0826. The smallest absolute Gasteiger partial charge is 0.270 e. The van der Waals surface area contributed by atoms with Gasteiger partial charge in [-0.05, 0) is 50.0 Å². The van der Waals surface area contributed by atoms with Gasteiger partial charge in [0.1, 0.15) is 5.75 Å². The molecule has 0 aromatic heterocycles. The second-order valence-electron chi connectivity index (χ2n) is 7.98. The van der Waals surface area contributed by atoms with E-state index in [1.54, 1.807) is 13.2 Å². The van der Waals surface area contributed by atoms with Gasteiger partial charge in [0.05, 0.1) is 23.3 Å². The topological polar surface area (TPSA) is 96.7 Å². The molecular weight excluding hydrogens is 420 g/mol. The summed E-state index contributed by atoms with van der Waals surface area (Å²) in [4.78, 5) is 26.0. The van der Waals surface area contributed by atoms with E-state index in [0.29, 0.717) is 28.3 Å². The van der Waals surface area contributed by atoms with Crippen LogP contribution in [-0.2, 0) is 11.3 Å². The molecule has 0 saturated carbocycles. The zero-order valence-electron chi connectivity index (χ0n) is 18.6. The number of nitrogens with zero attached hydrogens (tertiary/aromatic N) is 2. The van der Waals surface area contributed by atoms with Crippen LogP contribution in [0.25, 0.3) is 11.3 Å². The SMILES string of the molecule is COc1cccc(/C(Nc2ccc(CN(C)C)cc2)=C2/C(=O)Nc3ccc([N+](=O)[O-])cc32)c1. The van der Waals surface area contributed by atoms with Crippen molar-refractivity contribution < 1.29 is 14.5 Å². The first-order chi connectivity index (χ1) is 15.9. The molecule has 0 spiro atoms. The van der Waals surface area contributed by atoms with Crippen LogP contribution in [0.3, 0.4) is 0 Å². The molecule has 8 nitrogen and oxygen atoms in total. The highest BCUT2D eigenvalue weighted by Crippen LogP contribution is 2.39. The van der Waals surface area contributed by atoms with Gasteiger partial charge in [-0.3, -0.25) is 14.9 Å². The molecule has 0 aliphatic carbocycles. The van der Waals surface area contributed by atoms with Crippen molar-refractivity contribution in [2.75, 3.05) is 31.8 Å². The number of benzene rings is 3. The highest BCUT2D eigenvalue weighted by Gasteiger charge is 2.30. The number of non-ortho nitro benzene ring substituents is 1. The molecule has 3 aromatic rings. The number of carbonyl (C=O) groups is 1. The molecule has 4 rings (SSSR count). The van der Waals surface area contributed by atoms with Crippen LogP contribution in [-0.4, -0.2) is 36.9 Å². The Hall–Kier alpha value is -4.17. The molecule has 8 heteroatoms. The number of ether oxygens (including phenoxy) is 1. The Morgan fingerprint density at radius 3 is 2.52 bits per heavy atom. The molecule has 0 bridgehead atoms. The van der Waals surface area contributed by atoms with Crippen molar-refractivity contribution in [3.8, 4) is 5.75 Å². The Kier molecular flexibility index (Phi) is 6.10. The minimum atomic E-state index is -0.469. The summed E-state index contributed by atoms with van der Waals surface area (Å²) in [5, 5.41) is 17.5. The van der Waals surface area contributed by atoms with E-state index in [1.165, 1.54) is 12.1 Å². The number of methoxy groups -OCH3 is 1. The van der Waals surface area contributed by atoms with Crippen LogP contribution >= 0.6 is 0 Å². The molecule has 0 atom stereocenters. The number of carbonyl (C=O) groups excluding carboxylic acids is 1. The third-order valence-corrected chi connectivity index (χ3v) is 5.29. The van der Waals surface area contributed by atoms with Gasteiger partial charge in [0.15, 0.2) is 0 Å². The van der Waals surface area contributed by atoms with E-state index in [-0.39, 0.29) is 11.6 Å². The average molecular weight is 444 g/mol. The summed E-state index contributed by atoms with van der Waals surface area (Å²) in [7, 11) is 5.59. The van der Waals surface area contributed by atoms with E-state index in [4.69, 9.17) is 4.74 Å². The lowest BCUT2D eigenvalue weighted by Crippen LogP contribution is -2.11. The fraction of sp³-hybridized carbons (Fsp3) is 0.160. The Balaban J connectivity index is 1.85. The number of rotatable bonds is 7. The largest absolute Gasteiger partial charge is 0.497 e. The molecular formula is C25H24N4O4. The van der Waals surface area contributed by atoms with Gasteiger partial charge in [-0.1, -0.05) is 24.3 Å². The molecule has 1 aliphatic heterocycles. The van der Waals surface area contributed by atoms with Gasteiger partial charge in [-0.2, -0.15) is 0 Å². The number of nitrogens with one attached hydrogen (secondary N) is 2. The zero-order chi connectivity index (χ0) is 23.5. The van der Waals surface area contributed by atoms with E-state index < -0.39 is 4.92 Å². The first kappa shape index (κ1) is 22.0. The summed E-state index contributed by atoms with van der Waals surface area (Å²) in [5.74, 6) is 0.298. The fourth-order valence-corrected chi connectivity index (χ4v) is 3.78. The van der Waals surface area contributed by atoms with Crippen molar-refractivity contribution in [1.29, 1.82) is 0 Å². The Morgan fingerprint density at radius 1 is 1.09 bits per heavy atom. The molecule has 0 unspecified atom stereocenters. The summed E-state index contributed by atoms with van der Waals surface area (Å²) in [6, 6.07) is 19.6. The first-order valence-electron chi connectivity index (χ1n) is 10.4. The summed E-state index contributed by atoms with van der Waals surface area (Å²) in [6.07, 6.45) is 0. The van der Waals surface area contributed by atoms with E-state index in [2.05, 4.69) is 15.5 Å². The third-order valence-electron chi connectivity index (χ3n) is 5.29. The second kappa shape index (κ2) is 9.13. The van der Waals surface area contributed by atoms with Gasteiger partial charge >= 0.3 is 0 Å². The maximum absolute atomic E-state index is 13.0. The number of amides is 1. The van der Waals surface area contributed by atoms with Crippen molar-refractivity contribution in [3.63, 3.8) is 0 Å². The molecule has 1 aliphatic rings. The van der Waals surface area contributed by atoms with Crippen LogP contribution in [0.5, 0.6) is 5.75 Å². The molecule has 2 N–H and O–H groups in total. The lowest BCUT2D eigenvalue weighted by atomic mass is 9.99. The summed E-state index contributed by atoms with van der Waals surface area (Å²) in [6.45, 7) is 0.809. The van der Waals surface area contributed by atoms with Crippen molar-refractivity contribution in [1.82, 2.24) is 4.90 Å². The van der Waals surface area contributed by atoms with E-state index in [0.717, 1.165) is 23.4 Å². The number of hydrogen-bond donors (Lipinski definition) is 2. The normalized spacial score (nSPS) is 14.0. The molecule has 168 valence electrons. The number of anilines is 2. The summed E-state index contributed by atoms with van der Waals surface area (Å²) in [5.41, 5.74) is 4.45. The van der Waals surface area contributed by atoms with Gasteiger partial charge in [-0.25, -0.2) is 0 Å². The van der Waals surface area contributed by atoms with Crippen molar-refractivity contribution in [2.45, 2.75) is 6.54 Å². The van der Waals surface area contributed by atoms with Gasteiger partial charge < -0.3 is 20.3 Å². The second-order valence-corrected chi connectivity index (χ2v) is 7.98. The molecule has 1 heterocycles. The van der Waals surface area contributed by atoms with E-state index in [1.807, 2.05) is 62.6 Å². The van der Waals surface area contributed by atoms with Crippen LogP contribution in [0, 0.1) is 10.1 Å². The Morgan fingerprint density at radius 2 is 1.85 bits per heavy atom. The monoisotopic (exact) mass is 444 g/mol. The predicted molar refractivity (Wildman–Crippen MR) is 129 cm³/mol. The number of nitro groups is 1. The fourth-order valence-electron chi connectivity index (χ4n) is 3.78. The van der Waals surface area contributed by atoms with Crippen LogP contribution in [0.4, 0.5) is 17.1 Å². The first-order valence-corrected chi connectivity index (χ1v) is 10.4. The highest BCUT2D eigenvalue weighted by molar-refractivity contribution is 6.37. The van der Waals surface area contributed by atoms with Crippen LogP contribution in [0.1, 0.15) is 16.7 Å². The minimum Gasteiger partial charge on any atom is -0.497 e. The lowest BCUT2D eigenvalue weighted by molar-refractivity contribution is -0.384. The van der Waals surface area contributed by atoms with Crippen molar-refractivity contribution >= 4 is 34.2 Å². The highest BCUT2D eigenvalue weighted by atomic mass is 16.6. The van der Waals surface area contributed by atoms with Crippen molar-refractivity contribution in [3.05, 3.63) is 93.5 Å². The molecule has 3 aromatic carbocycles. The van der Waals surface area contributed by atoms with Crippen LogP contribution in [0.2, 0.25) is 0 Å². The van der Waals surface area contributed by atoms with Crippen molar-refractivity contribution in [2.24, 2.45) is 0 Å².